The van der Waals surface area contributed by atoms with Gasteiger partial charge in [0.2, 0.25) is 0 Å². The molecule has 0 amide bonds. The van der Waals surface area contributed by atoms with Crippen LogP contribution in [0, 0.1) is 0 Å². The Bertz CT molecular complexity index is 114. The van der Waals surface area contributed by atoms with Crippen molar-refractivity contribution in [3.05, 3.63) is 0 Å². The average Bonchev–Trinajstić information content (AvgIpc) is 1.63. The number of rotatable bonds is 4. The van der Waals surface area contributed by atoms with E-state index in [1.54, 1.807) is 0 Å². The fourth-order valence-corrected chi connectivity index (χ4v) is 0.981. The minimum Gasteiger partial charge on any atom is -0.306 e. The van der Waals surface area contributed by atoms with Crippen molar-refractivity contribution in [3.63, 3.8) is 0 Å². The van der Waals surface area contributed by atoms with Crippen LogP contribution in [0.2, 0.25) is 0 Å². The minimum atomic E-state index is -3.42. The molecule has 0 rings (SSSR count). The molecule has 0 aliphatic heterocycles. The van der Waals surface area contributed by atoms with Crippen LogP contribution in [0.15, 0.2) is 0 Å². The summed E-state index contributed by atoms with van der Waals surface area (Å²) in [7, 11) is 0. The highest BCUT2D eigenvalue weighted by atomic mass is 35.9. The monoisotopic (exact) mass is 194 g/mol. The fraction of sp³-hybridized carbons (Fsp3) is 1.00. The highest BCUT2D eigenvalue weighted by Crippen LogP contribution is 2.57. The molecule has 0 saturated carbocycles. The molecule has 6 heteroatoms. The number of hydrogen-bond acceptors (Lipinski definition) is 2. The Hall–Kier alpha value is 0.700. The molecule has 9 heavy (non-hydrogen) atoms. The first-order chi connectivity index (χ1) is 4.06. The zero-order chi connectivity index (χ0) is 7.33. The third-order valence-corrected chi connectivity index (χ3v) is 1.59. The lowest BCUT2D eigenvalue weighted by molar-refractivity contribution is 0.304. The van der Waals surface area contributed by atoms with Gasteiger partial charge in [0.25, 0.3) is 0 Å². The maximum absolute atomic E-state index is 11.3. The largest absolute Gasteiger partial charge is 0.380 e. The lowest BCUT2D eigenvalue weighted by atomic mass is 10.5. The van der Waals surface area contributed by atoms with E-state index in [0.717, 1.165) is 0 Å². The van der Waals surface area contributed by atoms with Gasteiger partial charge in [0.05, 0.1) is 13.3 Å². The van der Waals surface area contributed by atoms with Gasteiger partial charge < -0.3 is 4.52 Å². The Balaban J connectivity index is 3.18. The Kier molecular flexibility index (Phi) is 4.86. The van der Waals surface area contributed by atoms with E-state index in [-0.39, 0.29) is 13.0 Å². The van der Waals surface area contributed by atoms with Crippen molar-refractivity contribution < 1.29 is 13.5 Å². The van der Waals surface area contributed by atoms with Gasteiger partial charge in [0, 0.05) is 0 Å². The van der Waals surface area contributed by atoms with Gasteiger partial charge >= 0.3 is 6.07 Å². The second-order valence-electron chi connectivity index (χ2n) is 1.29. The van der Waals surface area contributed by atoms with Gasteiger partial charge in [0.15, 0.2) is 0 Å². The first-order valence-electron chi connectivity index (χ1n) is 2.26. The molecule has 0 atom stereocenters. The van der Waals surface area contributed by atoms with Gasteiger partial charge in [-0.05, 0) is 28.9 Å². The maximum Gasteiger partial charge on any atom is 0.380 e. The summed E-state index contributed by atoms with van der Waals surface area (Å²) in [6.45, 7) is -0.519. The van der Waals surface area contributed by atoms with Crippen LogP contribution < -0.4 is 0 Å². The highest BCUT2D eigenvalue weighted by molar-refractivity contribution is 8.05. The van der Waals surface area contributed by atoms with Crippen molar-refractivity contribution in [1.29, 1.82) is 0 Å². The average molecular weight is 195 g/mol. The molecule has 0 spiro atoms. The molecule has 56 valence electrons. The summed E-state index contributed by atoms with van der Waals surface area (Å²) < 4.78 is 25.9. The van der Waals surface area contributed by atoms with Gasteiger partial charge in [0.1, 0.15) is 0 Å². The molecule has 0 aromatic heterocycles. The summed E-state index contributed by atoms with van der Waals surface area (Å²) in [5.74, 6) is 0. The summed E-state index contributed by atoms with van der Waals surface area (Å²) in [5, 5.41) is 0. The summed E-state index contributed by atoms with van der Waals surface area (Å²) >= 11 is 9.89. The standard InChI is InChI=1S/C3H6Cl2FO2P/c4-9(5,7)8-3-1-2-6/h1-3H2. The number of halogens is 3. The van der Waals surface area contributed by atoms with E-state index in [9.17, 15) is 8.96 Å². The maximum atomic E-state index is 11.3. The molecule has 0 aliphatic carbocycles. The molecule has 0 bridgehead atoms. The van der Waals surface area contributed by atoms with Crippen LogP contribution in [0.3, 0.4) is 0 Å². The fourth-order valence-electron chi connectivity index (χ4n) is 0.225. The molecule has 0 N–H and O–H groups in total. The molecule has 0 aromatic rings. The third-order valence-electron chi connectivity index (χ3n) is 0.520. The van der Waals surface area contributed by atoms with Gasteiger partial charge in [-0.3, -0.25) is 8.96 Å². The van der Waals surface area contributed by atoms with Crippen molar-refractivity contribution in [2.24, 2.45) is 0 Å². The lowest BCUT2D eigenvalue weighted by Gasteiger charge is -1.99. The Morgan fingerprint density at radius 1 is 1.56 bits per heavy atom. The van der Waals surface area contributed by atoms with Crippen molar-refractivity contribution in [1.82, 2.24) is 0 Å². The summed E-state index contributed by atoms with van der Waals surface area (Å²) in [4.78, 5) is 0. The first kappa shape index (κ1) is 9.70. The topological polar surface area (TPSA) is 26.3 Å². The van der Waals surface area contributed by atoms with Crippen LogP contribution in [0.25, 0.3) is 0 Å². The van der Waals surface area contributed by atoms with E-state index in [1.807, 2.05) is 0 Å². The Morgan fingerprint density at radius 3 is 2.44 bits per heavy atom. The first-order valence-corrected chi connectivity index (χ1v) is 5.69. The predicted molar refractivity (Wildman–Crippen MR) is 35.9 cm³/mol. The van der Waals surface area contributed by atoms with Crippen molar-refractivity contribution in [2.45, 2.75) is 6.42 Å². The zero-order valence-electron chi connectivity index (χ0n) is 4.52. The zero-order valence-corrected chi connectivity index (χ0v) is 6.93. The van der Waals surface area contributed by atoms with E-state index in [4.69, 9.17) is 22.5 Å². The number of hydrogen-bond donors (Lipinski definition) is 0. The van der Waals surface area contributed by atoms with Gasteiger partial charge in [-0.1, -0.05) is 0 Å². The van der Waals surface area contributed by atoms with Crippen molar-refractivity contribution >= 4 is 28.6 Å². The second kappa shape index (κ2) is 4.51. The van der Waals surface area contributed by atoms with Crippen LogP contribution >= 0.6 is 28.6 Å². The van der Waals surface area contributed by atoms with E-state index in [0.29, 0.717) is 0 Å². The molecule has 0 fully saturated rings. The van der Waals surface area contributed by atoms with Crippen LogP contribution in [-0.4, -0.2) is 13.3 Å². The summed E-state index contributed by atoms with van der Waals surface area (Å²) in [5.41, 5.74) is 0. The van der Waals surface area contributed by atoms with Crippen LogP contribution in [0.4, 0.5) is 4.39 Å². The van der Waals surface area contributed by atoms with Gasteiger partial charge in [-0.2, -0.15) is 0 Å². The van der Waals surface area contributed by atoms with E-state index >= 15 is 0 Å². The van der Waals surface area contributed by atoms with E-state index in [1.165, 1.54) is 0 Å². The summed E-state index contributed by atoms with van der Waals surface area (Å²) in [6, 6.07) is 0. The molecule has 0 radical (unpaired) electrons. The molecule has 0 aliphatic rings. The molecule has 0 aromatic carbocycles. The molecular formula is C3H6Cl2FO2P. The van der Waals surface area contributed by atoms with Crippen LogP contribution in [-0.2, 0) is 9.09 Å². The van der Waals surface area contributed by atoms with Crippen LogP contribution in [0.5, 0.6) is 0 Å². The normalized spacial score (nSPS) is 11.9. The molecule has 0 saturated heterocycles. The van der Waals surface area contributed by atoms with Gasteiger partial charge in [-0.25, -0.2) is 0 Å². The SMILES string of the molecule is O=P(Cl)(Cl)OCCCF. The molecule has 0 heterocycles. The second-order valence-corrected chi connectivity index (χ2v) is 5.57. The van der Waals surface area contributed by atoms with Gasteiger partial charge in [-0.15, -0.1) is 0 Å². The predicted octanol–water partition coefficient (Wildman–Crippen LogP) is 2.95. The Morgan fingerprint density at radius 2 is 2.11 bits per heavy atom. The Labute approximate surface area is 62.3 Å². The van der Waals surface area contributed by atoms with Crippen LogP contribution in [0.1, 0.15) is 6.42 Å². The molecule has 0 unspecified atom stereocenters. The van der Waals surface area contributed by atoms with Crippen molar-refractivity contribution in [3.8, 4) is 0 Å². The number of alkyl halides is 1. The molecule has 2 nitrogen and oxygen atoms in total. The summed E-state index contributed by atoms with van der Waals surface area (Å²) in [6.07, 6.45) is -3.25. The van der Waals surface area contributed by atoms with E-state index in [2.05, 4.69) is 4.52 Å². The van der Waals surface area contributed by atoms with Crippen molar-refractivity contribution in [2.75, 3.05) is 13.3 Å². The smallest absolute Gasteiger partial charge is 0.306 e. The molecular weight excluding hydrogens is 189 g/mol. The lowest BCUT2D eigenvalue weighted by Crippen LogP contribution is -1.87. The third kappa shape index (κ3) is 8.70. The highest BCUT2D eigenvalue weighted by Gasteiger charge is 2.12. The van der Waals surface area contributed by atoms with E-state index < -0.39 is 12.7 Å². The quantitative estimate of drug-likeness (QED) is 0.509. The minimum absolute atomic E-state index is 0.000772.